The van der Waals surface area contributed by atoms with Gasteiger partial charge in [0.1, 0.15) is 17.0 Å². The van der Waals surface area contributed by atoms with Crippen molar-refractivity contribution in [3.8, 4) is 5.75 Å². The molecular formula is C19H16N2O6. The van der Waals surface area contributed by atoms with Gasteiger partial charge in [-0.3, -0.25) is 14.9 Å². The van der Waals surface area contributed by atoms with E-state index in [1.807, 2.05) is 0 Å². The summed E-state index contributed by atoms with van der Waals surface area (Å²) >= 11 is 0. The molecule has 8 heteroatoms. The molecule has 8 nitrogen and oxygen atoms in total. The van der Waals surface area contributed by atoms with Crippen molar-refractivity contribution in [3.63, 3.8) is 0 Å². The molecule has 0 spiro atoms. The lowest BCUT2D eigenvalue weighted by molar-refractivity contribution is -0.384. The van der Waals surface area contributed by atoms with Crippen molar-refractivity contribution < 1.29 is 18.9 Å². The van der Waals surface area contributed by atoms with Gasteiger partial charge in [-0.05, 0) is 30.7 Å². The van der Waals surface area contributed by atoms with Gasteiger partial charge >= 0.3 is 11.6 Å². The molecule has 0 aliphatic carbocycles. The van der Waals surface area contributed by atoms with Gasteiger partial charge in [0.2, 0.25) is 0 Å². The number of hydrogen-bond donors (Lipinski definition) is 1. The van der Waals surface area contributed by atoms with Crippen molar-refractivity contribution in [2.24, 2.45) is 0 Å². The van der Waals surface area contributed by atoms with Crippen LogP contribution in [-0.2, 0) is 4.79 Å². The SMILES string of the molecule is Cc1cc(=O)oc2cc(OC(=O)CCNc3ccccc3[N+](=O)[O-])ccc12. The van der Waals surface area contributed by atoms with Gasteiger partial charge in [-0.15, -0.1) is 0 Å². The number of nitrogens with one attached hydrogen (secondary N) is 1. The lowest BCUT2D eigenvalue weighted by atomic mass is 10.1. The quantitative estimate of drug-likeness (QED) is 0.233. The lowest BCUT2D eigenvalue weighted by Crippen LogP contribution is -2.14. The summed E-state index contributed by atoms with van der Waals surface area (Å²) in [5.41, 5.74) is 0.900. The van der Waals surface area contributed by atoms with Gasteiger partial charge in [0.25, 0.3) is 5.69 Å². The van der Waals surface area contributed by atoms with E-state index >= 15 is 0 Å². The molecule has 138 valence electrons. The summed E-state index contributed by atoms with van der Waals surface area (Å²) in [6.07, 6.45) is 0.00184. The first-order valence-corrected chi connectivity index (χ1v) is 8.16. The third kappa shape index (κ3) is 4.30. The molecule has 1 aromatic heterocycles. The summed E-state index contributed by atoms with van der Waals surface area (Å²) < 4.78 is 10.4. The van der Waals surface area contributed by atoms with Gasteiger partial charge in [0.15, 0.2) is 0 Å². The topological polar surface area (TPSA) is 112 Å². The van der Waals surface area contributed by atoms with Crippen molar-refractivity contribution in [2.45, 2.75) is 13.3 Å². The van der Waals surface area contributed by atoms with Gasteiger partial charge in [0.05, 0.1) is 11.3 Å². The first kappa shape index (κ1) is 18.1. The number of fused-ring (bicyclic) bond motifs is 1. The molecule has 1 N–H and O–H groups in total. The number of rotatable bonds is 6. The van der Waals surface area contributed by atoms with Crippen molar-refractivity contribution >= 4 is 28.3 Å². The van der Waals surface area contributed by atoms with Crippen molar-refractivity contribution in [3.05, 3.63) is 74.6 Å². The van der Waals surface area contributed by atoms with Crippen LogP contribution in [0.3, 0.4) is 0 Å². The number of anilines is 1. The molecule has 0 unspecified atom stereocenters. The first-order valence-electron chi connectivity index (χ1n) is 8.16. The number of para-hydroxylation sites is 2. The highest BCUT2D eigenvalue weighted by molar-refractivity contribution is 5.82. The number of benzene rings is 2. The van der Waals surface area contributed by atoms with E-state index in [0.29, 0.717) is 11.3 Å². The average molecular weight is 368 g/mol. The fourth-order valence-corrected chi connectivity index (χ4v) is 2.63. The van der Waals surface area contributed by atoms with Crippen LogP contribution in [-0.4, -0.2) is 17.4 Å². The smallest absolute Gasteiger partial charge is 0.336 e. The fraction of sp³-hybridized carbons (Fsp3) is 0.158. The van der Waals surface area contributed by atoms with E-state index in [-0.39, 0.29) is 24.4 Å². The van der Waals surface area contributed by atoms with Gasteiger partial charge in [-0.25, -0.2) is 4.79 Å². The van der Waals surface area contributed by atoms with Crippen LogP contribution in [0.25, 0.3) is 11.0 Å². The van der Waals surface area contributed by atoms with Gasteiger partial charge in [-0.1, -0.05) is 12.1 Å². The zero-order chi connectivity index (χ0) is 19.4. The first-order chi connectivity index (χ1) is 12.9. The molecule has 0 fully saturated rings. The summed E-state index contributed by atoms with van der Waals surface area (Å²) in [6.45, 7) is 1.96. The average Bonchev–Trinajstić information content (AvgIpc) is 2.61. The van der Waals surface area contributed by atoms with E-state index in [0.717, 1.165) is 10.9 Å². The Morgan fingerprint density at radius 3 is 2.78 bits per heavy atom. The van der Waals surface area contributed by atoms with E-state index in [1.165, 1.54) is 18.2 Å². The number of hydrogen-bond acceptors (Lipinski definition) is 7. The van der Waals surface area contributed by atoms with Gasteiger partial charge in [-0.2, -0.15) is 0 Å². The zero-order valence-electron chi connectivity index (χ0n) is 14.4. The van der Waals surface area contributed by atoms with Crippen LogP contribution >= 0.6 is 0 Å². The number of carbonyl (C=O) groups excluding carboxylic acids is 1. The highest BCUT2D eigenvalue weighted by atomic mass is 16.6. The number of nitro groups is 1. The fourth-order valence-electron chi connectivity index (χ4n) is 2.63. The molecule has 0 radical (unpaired) electrons. The second-order valence-corrected chi connectivity index (χ2v) is 5.83. The molecule has 0 aliphatic rings. The highest BCUT2D eigenvalue weighted by Crippen LogP contribution is 2.24. The lowest BCUT2D eigenvalue weighted by Gasteiger charge is -2.08. The summed E-state index contributed by atoms with van der Waals surface area (Å²) in [4.78, 5) is 33.9. The summed E-state index contributed by atoms with van der Waals surface area (Å²) in [5.74, 6) is -0.262. The Bertz CT molecular complexity index is 1070. The largest absolute Gasteiger partial charge is 0.426 e. The van der Waals surface area contributed by atoms with Crippen LogP contribution in [0.4, 0.5) is 11.4 Å². The van der Waals surface area contributed by atoms with E-state index < -0.39 is 16.5 Å². The third-order valence-electron chi connectivity index (χ3n) is 3.90. The van der Waals surface area contributed by atoms with Crippen molar-refractivity contribution in [2.75, 3.05) is 11.9 Å². The Labute approximate surface area is 153 Å². The van der Waals surface area contributed by atoms with Crippen molar-refractivity contribution in [1.82, 2.24) is 0 Å². The summed E-state index contributed by atoms with van der Waals surface area (Å²) in [5, 5.41) is 14.6. The maximum Gasteiger partial charge on any atom is 0.336 e. The van der Waals surface area contributed by atoms with Crippen LogP contribution in [0, 0.1) is 17.0 Å². The van der Waals surface area contributed by atoms with E-state index in [2.05, 4.69) is 5.32 Å². The predicted octanol–water partition coefficient (Wildman–Crippen LogP) is 3.42. The van der Waals surface area contributed by atoms with E-state index in [9.17, 15) is 19.7 Å². The van der Waals surface area contributed by atoms with E-state index in [4.69, 9.17) is 9.15 Å². The van der Waals surface area contributed by atoms with E-state index in [1.54, 1.807) is 37.3 Å². The second-order valence-electron chi connectivity index (χ2n) is 5.83. The Morgan fingerprint density at radius 2 is 2.00 bits per heavy atom. The highest BCUT2D eigenvalue weighted by Gasteiger charge is 2.13. The van der Waals surface area contributed by atoms with Crippen LogP contribution in [0.15, 0.2) is 57.7 Å². The molecule has 3 aromatic rings. The number of nitro benzene ring substituents is 1. The number of nitrogens with zero attached hydrogens (tertiary/aromatic N) is 1. The molecule has 27 heavy (non-hydrogen) atoms. The Morgan fingerprint density at radius 1 is 1.22 bits per heavy atom. The molecule has 0 saturated heterocycles. The molecule has 0 aliphatic heterocycles. The summed E-state index contributed by atoms with van der Waals surface area (Å²) in [6, 6.07) is 12.4. The molecule has 0 saturated carbocycles. The van der Waals surface area contributed by atoms with Crippen molar-refractivity contribution in [1.29, 1.82) is 0 Å². The second kappa shape index (κ2) is 7.69. The van der Waals surface area contributed by atoms with Gasteiger partial charge in [0, 0.05) is 30.1 Å². The molecule has 2 aromatic carbocycles. The van der Waals surface area contributed by atoms with Crippen LogP contribution in [0.5, 0.6) is 5.75 Å². The molecule has 0 atom stereocenters. The molecule has 0 amide bonds. The van der Waals surface area contributed by atoms with Crippen LogP contribution < -0.4 is 15.7 Å². The number of aryl methyl sites for hydroxylation is 1. The van der Waals surface area contributed by atoms with Crippen LogP contribution in [0.1, 0.15) is 12.0 Å². The molecule has 3 rings (SSSR count). The normalized spacial score (nSPS) is 10.6. The molecular weight excluding hydrogens is 352 g/mol. The number of ether oxygens (including phenoxy) is 1. The minimum atomic E-state index is -0.518. The molecule has 1 heterocycles. The molecule has 0 bridgehead atoms. The maximum atomic E-state index is 12.0. The maximum absolute atomic E-state index is 12.0. The Balaban J connectivity index is 1.62. The third-order valence-corrected chi connectivity index (χ3v) is 3.90. The standard InChI is InChI=1S/C19H16N2O6/c1-12-10-19(23)27-17-11-13(6-7-14(12)17)26-18(22)8-9-20-15-4-2-3-5-16(15)21(24)25/h2-7,10-11,20H,8-9H2,1H3. The minimum absolute atomic E-state index is 0.00184. The van der Waals surface area contributed by atoms with Crippen LogP contribution in [0.2, 0.25) is 0 Å². The number of esters is 1. The monoisotopic (exact) mass is 368 g/mol. The zero-order valence-corrected chi connectivity index (χ0v) is 14.4. The predicted molar refractivity (Wildman–Crippen MR) is 99.1 cm³/mol. The Kier molecular flexibility index (Phi) is 5.16. The number of carbonyl (C=O) groups is 1. The summed E-state index contributed by atoms with van der Waals surface area (Å²) in [7, 11) is 0. The Hall–Kier alpha value is -3.68. The van der Waals surface area contributed by atoms with Gasteiger partial charge < -0.3 is 14.5 Å². The minimum Gasteiger partial charge on any atom is -0.426 e.